The van der Waals surface area contributed by atoms with Crippen molar-refractivity contribution >= 4 is 0 Å². The van der Waals surface area contributed by atoms with E-state index in [4.69, 9.17) is 14.2 Å². The molecule has 6 nitrogen and oxygen atoms in total. The molecule has 0 aromatic rings. The molecule has 0 aliphatic rings. The van der Waals surface area contributed by atoms with Gasteiger partial charge in [0.25, 0.3) is 0 Å². The molecule has 0 spiro atoms. The van der Waals surface area contributed by atoms with Crippen molar-refractivity contribution < 1.29 is 29.5 Å². The molecule has 0 aliphatic heterocycles. The van der Waals surface area contributed by atoms with Crippen molar-refractivity contribution in [1.29, 1.82) is 0 Å². The fourth-order valence-corrected chi connectivity index (χ4v) is 7.02. The van der Waals surface area contributed by atoms with Gasteiger partial charge < -0.3 is 29.5 Å². The van der Waals surface area contributed by atoms with Crippen molar-refractivity contribution in [3.63, 3.8) is 0 Å². The van der Waals surface area contributed by atoms with Gasteiger partial charge in [0.1, 0.15) is 6.10 Å². The molecule has 0 radical (unpaired) electrons. The molecular weight excluding hydrogens is 661 g/mol. The summed E-state index contributed by atoms with van der Waals surface area (Å²) in [5, 5.41) is 31.6. The van der Waals surface area contributed by atoms with Gasteiger partial charge in [0.15, 0.2) is 18.9 Å². The molecule has 4 atom stereocenters. The van der Waals surface area contributed by atoms with E-state index in [1.807, 2.05) is 0 Å². The minimum atomic E-state index is -0.906. The molecule has 0 rings (SSSR count). The van der Waals surface area contributed by atoms with Gasteiger partial charge in [0, 0.05) is 0 Å². The molecular formula is C47H94O6. The van der Waals surface area contributed by atoms with Gasteiger partial charge in [-0.3, -0.25) is 0 Å². The van der Waals surface area contributed by atoms with Crippen LogP contribution in [0.2, 0.25) is 0 Å². The normalized spacial score (nSPS) is 14.3. The number of aliphatic hydroxyl groups excluding tert-OH is 3. The molecule has 3 N–H and O–H groups in total. The summed E-state index contributed by atoms with van der Waals surface area (Å²) in [6, 6.07) is 0. The largest absolute Gasteiger partial charge is 0.368 e. The van der Waals surface area contributed by atoms with Crippen LogP contribution in [0.25, 0.3) is 0 Å². The molecule has 0 aromatic heterocycles. The monoisotopic (exact) mass is 755 g/mol. The second kappa shape index (κ2) is 44.2. The lowest BCUT2D eigenvalue weighted by molar-refractivity contribution is -0.212. The first-order chi connectivity index (χ1) is 26.0. The van der Waals surface area contributed by atoms with Gasteiger partial charge >= 0.3 is 0 Å². The highest BCUT2D eigenvalue weighted by molar-refractivity contribution is 4.81. The van der Waals surface area contributed by atoms with Gasteiger partial charge in [-0.15, -0.1) is 0 Å². The van der Waals surface area contributed by atoms with E-state index in [1.165, 1.54) is 173 Å². The number of allylic oxidation sites excluding steroid dienone is 2. The number of ether oxygens (including phenoxy) is 3. The van der Waals surface area contributed by atoms with Crippen LogP contribution < -0.4 is 0 Å². The zero-order chi connectivity index (χ0) is 38.7. The van der Waals surface area contributed by atoms with Crippen LogP contribution in [0.1, 0.15) is 252 Å². The molecule has 0 amide bonds. The molecule has 0 saturated carbocycles. The summed E-state index contributed by atoms with van der Waals surface area (Å²) in [4.78, 5) is 0. The standard InChI is InChI=1S/C47H94O6/c1-4-7-10-13-15-17-19-21-23-25-27-29-31-34-37-40-46(49)52-43-44(42-51-45(48)39-36-33-12-9-6-3)53-47(50)41-38-35-32-30-28-26-24-22-20-18-16-14-11-8-5-2/h22,24,44-50H,4-21,23,25-43H2,1-3H3. The van der Waals surface area contributed by atoms with E-state index in [1.54, 1.807) is 0 Å². The van der Waals surface area contributed by atoms with Gasteiger partial charge in [0.05, 0.1) is 13.2 Å². The zero-order valence-electron chi connectivity index (χ0n) is 35.9. The van der Waals surface area contributed by atoms with E-state index in [9.17, 15) is 15.3 Å². The van der Waals surface area contributed by atoms with Crippen molar-refractivity contribution in [1.82, 2.24) is 0 Å². The van der Waals surface area contributed by atoms with E-state index in [-0.39, 0.29) is 13.2 Å². The van der Waals surface area contributed by atoms with E-state index in [0.717, 1.165) is 38.5 Å². The lowest BCUT2D eigenvalue weighted by atomic mass is 10.0. The highest BCUT2D eigenvalue weighted by Crippen LogP contribution is 2.17. The maximum atomic E-state index is 10.7. The molecule has 0 aliphatic carbocycles. The summed E-state index contributed by atoms with van der Waals surface area (Å²) >= 11 is 0. The third kappa shape index (κ3) is 42.5. The number of hydrogen-bond donors (Lipinski definition) is 3. The van der Waals surface area contributed by atoms with Crippen LogP contribution in [0.15, 0.2) is 12.2 Å². The van der Waals surface area contributed by atoms with Crippen molar-refractivity contribution in [2.24, 2.45) is 0 Å². The number of unbranched alkanes of at least 4 members (excludes halogenated alkanes) is 29. The molecule has 4 unspecified atom stereocenters. The first-order valence-corrected chi connectivity index (χ1v) is 23.6. The van der Waals surface area contributed by atoms with Crippen LogP contribution in [-0.2, 0) is 14.2 Å². The Morgan fingerprint density at radius 3 is 0.925 bits per heavy atom. The van der Waals surface area contributed by atoms with Gasteiger partial charge in [-0.25, -0.2) is 0 Å². The zero-order valence-corrected chi connectivity index (χ0v) is 35.9. The molecule has 318 valence electrons. The van der Waals surface area contributed by atoms with E-state index in [2.05, 4.69) is 32.9 Å². The Hall–Kier alpha value is -0.500. The Morgan fingerprint density at radius 1 is 0.340 bits per heavy atom. The highest BCUT2D eigenvalue weighted by atomic mass is 16.7. The van der Waals surface area contributed by atoms with E-state index in [0.29, 0.717) is 19.3 Å². The Labute approximate surface area is 331 Å². The molecule has 6 heteroatoms. The summed E-state index contributed by atoms with van der Waals surface area (Å²) in [5.41, 5.74) is 0. The van der Waals surface area contributed by atoms with Crippen LogP contribution in [0.4, 0.5) is 0 Å². The lowest BCUT2D eigenvalue weighted by Gasteiger charge is -2.24. The fourth-order valence-electron chi connectivity index (χ4n) is 7.02. The summed E-state index contributed by atoms with van der Waals surface area (Å²) in [6.07, 6.45) is 44.8. The molecule has 53 heavy (non-hydrogen) atoms. The number of hydrogen-bond acceptors (Lipinski definition) is 6. The first-order valence-electron chi connectivity index (χ1n) is 23.6. The summed E-state index contributed by atoms with van der Waals surface area (Å²) in [5.74, 6) is 0. The summed E-state index contributed by atoms with van der Waals surface area (Å²) < 4.78 is 17.4. The van der Waals surface area contributed by atoms with Crippen molar-refractivity contribution in [2.75, 3.05) is 13.2 Å². The Kier molecular flexibility index (Phi) is 43.8. The van der Waals surface area contributed by atoms with Gasteiger partial charge in [-0.1, -0.05) is 200 Å². The minimum Gasteiger partial charge on any atom is -0.368 e. The van der Waals surface area contributed by atoms with E-state index < -0.39 is 25.0 Å². The minimum absolute atomic E-state index is 0.130. The fraction of sp³-hybridized carbons (Fsp3) is 0.957. The van der Waals surface area contributed by atoms with Crippen LogP contribution in [0.5, 0.6) is 0 Å². The summed E-state index contributed by atoms with van der Waals surface area (Å²) in [7, 11) is 0. The molecule has 0 aromatic carbocycles. The molecule has 0 bridgehead atoms. The Bertz CT molecular complexity index is 703. The van der Waals surface area contributed by atoms with Crippen LogP contribution in [0.3, 0.4) is 0 Å². The van der Waals surface area contributed by atoms with Crippen LogP contribution >= 0.6 is 0 Å². The predicted octanol–water partition coefficient (Wildman–Crippen LogP) is 14.0. The molecule has 0 fully saturated rings. The van der Waals surface area contributed by atoms with Gasteiger partial charge in [-0.2, -0.15) is 0 Å². The highest BCUT2D eigenvalue weighted by Gasteiger charge is 2.19. The second-order valence-electron chi connectivity index (χ2n) is 16.1. The second-order valence-corrected chi connectivity index (χ2v) is 16.1. The number of rotatable bonds is 45. The SMILES string of the molecule is CCCCCCCCC=CCCCCCCCC(O)OC(COC(O)CCCCCCC)COC(O)CCCCCCCCCCCCCCCCC. The maximum Gasteiger partial charge on any atom is 0.155 e. The quantitative estimate of drug-likeness (QED) is 0.0326. The first kappa shape index (κ1) is 52.5. The van der Waals surface area contributed by atoms with Gasteiger partial charge in [-0.05, 0) is 64.2 Å². The Balaban J connectivity index is 4.18. The van der Waals surface area contributed by atoms with Crippen LogP contribution in [-0.4, -0.2) is 53.5 Å². The van der Waals surface area contributed by atoms with Crippen molar-refractivity contribution in [3.05, 3.63) is 12.2 Å². The van der Waals surface area contributed by atoms with Crippen molar-refractivity contribution in [2.45, 2.75) is 277 Å². The average Bonchev–Trinajstić information content (AvgIpc) is 3.15. The topological polar surface area (TPSA) is 88.4 Å². The van der Waals surface area contributed by atoms with Crippen molar-refractivity contribution in [3.8, 4) is 0 Å². The van der Waals surface area contributed by atoms with Crippen LogP contribution in [0, 0.1) is 0 Å². The molecule has 0 heterocycles. The smallest absolute Gasteiger partial charge is 0.155 e. The molecule has 0 saturated heterocycles. The van der Waals surface area contributed by atoms with Gasteiger partial charge in [0.2, 0.25) is 0 Å². The average molecular weight is 755 g/mol. The third-order valence-corrected chi connectivity index (χ3v) is 10.6. The predicted molar refractivity (Wildman–Crippen MR) is 227 cm³/mol. The lowest BCUT2D eigenvalue weighted by Crippen LogP contribution is -2.34. The Morgan fingerprint density at radius 2 is 0.604 bits per heavy atom. The summed E-state index contributed by atoms with van der Waals surface area (Å²) in [6.45, 7) is 7.01. The third-order valence-electron chi connectivity index (χ3n) is 10.6. The maximum absolute atomic E-state index is 10.7. The number of aliphatic hydroxyl groups is 3. The van der Waals surface area contributed by atoms with E-state index >= 15 is 0 Å².